The van der Waals surface area contributed by atoms with Crippen LogP contribution in [0.1, 0.15) is 19.3 Å². The highest BCUT2D eigenvalue weighted by Crippen LogP contribution is 2.40. The second-order valence-electron chi connectivity index (χ2n) is 5.21. The van der Waals surface area contributed by atoms with Crippen molar-refractivity contribution in [2.24, 2.45) is 5.73 Å². The molecule has 2 aliphatic carbocycles. The summed E-state index contributed by atoms with van der Waals surface area (Å²) in [6, 6.07) is 0. The summed E-state index contributed by atoms with van der Waals surface area (Å²) in [4.78, 5) is 1.25. The lowest BCUT2D eigenvalue weighted by atomic mass is 9.67. The van der Waals surface area contributed by atoms with Crippen LogP contribution in [-0.4, -0.2) is 24.8 Å². The summed E-state index contributed by atoms with van der Waals surface area (Å²) in [6.45, 7) is 0.419. The van der Waals surface area contributed by atoms with Crippen LogP contribution in [0.25, 0.3) is 0 Å². The molecule has 0 amide bonds. The van der Waals surface area contributed by atoms with Gasteiger partial charge in [0, 0.05) is 23.0 Å². The van der Waals surface area contributed by atoms with E-state index in [0.717, 1.165) is 30.5 Å². The predicted octanol–water partition coefficient (Wildman–Crippen LogP) is 1.88. The first-order chi connectivity index (χ1) is 9.78. The van der Waals surface area contributed by atoms with E-state index < -0.39 is 7.12 Å². The smallest absolute Gasteiger partial charge is 0.427 e. The van der Waals surface area contributed by atoms with Gasteiger partial charge in [0.05, 0.1) is 6.10 Å². The van der Waals surface area contributed by atoms with Crippen LogP contribution < -0.4 is 10.5 Å². The average Bonchev–Trinajstić information content (AvgIpc) is 2.82. The average molecular weight is 290 g/mol. The number of fused-ring (bicyclic) bond motifs is 1. The van der Waals surface area contributed by atoms with E-state index in [1.807, 2.05) is 6.08 Å². The van der Waals surface area contributed by atoms with E-state index in [2.05, 4.69) is 29.0 Å². The minimum atomic E-state index is -0.737. The van der Waals surface area contributed by atoms with Crippen LogP contribution in [0.5, 0.6) is 0 Å². The summed E-state index contributed by atoms with van der Waals surface area (Å²) in [5.74, 6) is 0.0347. The molecule has 3 rings (SSSR count). The van der Waals surface area contributed by atoms with E-state index in [9.17, 15) is 5.02 Å². The van der Waals surface area contributed by atoms with E-state index in [1.165, 1.54) is 4.91 Å². The van der Waals surface area contributed by atoms with Crippen LogP contribution in [-0.2, 0) is 4.65 Å². The Kier molecular flexibility index (Phi) is 4.36. The predicted molar refractivity (Wildman–Crippen MR) is 83.6 cm³/mol. The van der Waals surface area contributed by atoms with Gasteiger partial charge in [-0.05, 0) is 42.9 Å². The fourth-order valence-corrected chi connectivity index (χ4v) is 3.52. The minimum absolute atomic E-state index is 0.0347. The normalized spacial score (nSPS) is 28.7. The molecular formula is C14H19BN2O2S. The van der Waals surface area contributed by atoms with Crippen LogP contribution in [0.15, 0.2) is 46.6 Å². The molecule has 106 valence electrons. The van der Waals surface area contributed by atoms with Crippen molar-refractivity contribution < 1.29 is 9.68 Å². The molecule has 2 atom stereocenters. The number of nitrogens with two attached hydrogens (primary N) is 1. The molecule has 2 unspecified atom stereocenters. The first kappa shape index (κ1) is 14.0. The van der Waals surface area contributed by atoms with Crippen molar-refractivity contribution in [3.63, 3.8) is 0 Å². The zero-order chi connectivity index (χ0) is 13.9. The fourth-order valence-electron chi connectivity index (χ4n) is 2.75. The third kappa shape index (κ3) is 2.88. The van der Waals surface area contributed by atoms with E-state index in [1.54, 1.807) is 11.9 Å². The maximum Gasteiger partial charge on any atom is 0.462 e. The van der Waals surface area contributed by atoms with Gasteiger partial charge in [0.2, 0.25) is 0 Å². The van der Waals surface area contributed by atoms with Crippen LogP contribution in [0, 0.1) is 0 Å². The van der Waals surface area contributed by atoms with Gasteiger partial charge >= 0.3 is 7.12 Å². The van der Waals surface area contributed by atoms with Gasteiger partial charge in [-0.15, -0.1) is 0 Å². The topological polar surface area (TPSA) is 67.5 Å². The van der Waals surface area contributed by atoms with Gasteiger partial charge in [0.1, 0.15) is 0 Å². The summed E-state index contributed by atoms with van der Waals surface area (Å²) in [5.41, 5.74) is 7.89. The first-order valence-electron chi connectivity index (χ1n) is 7.01. The molecule has 0 radical (unpaired) electrons. The molecule has 0 aromatic carbocycles. The third-order valence-corrected chi connectivity index (χ3v) is 4.74. The van der Waals surface area contributed by atoms with Gasteiger partial charge in [0.25, 0.3) is 0 Å². The number of rotatable bonds is 4. The lowest BCUT2D eigenvalue weighted by molar-refractivity contribution is 0.230. The van der Waals surface area contributed by atoms with Gasteiger partial charge in [-0.25, -0.2) is 0 Å². The number of hydrogen-bond acceptors (Lipinski definition) is 5. The van der Waals surface area contributed by atoms with Gasteiger partial charge in [-0.2, -0.15) is 0 Å². The summed E-state index contributed by atoms with van der Waals surface area (Å²) in [6.07, 6.45) is 13.5. The van der Waals surface area contributed by atoms with E-state index in [0.29, 0.717) is 6.54 Å². The molecule has 3 aliphatic rings. The Morgan fingerprint density at radius 1 is 1.45 bits per heavy atom. The molecule has 0 spiro atoms. The zero-order valence-corrected chi connectivity index (χ0v) is 12.1. The zero-order valence-electron chi connectivity index (χ0n) is 11.3. The molecule has 1 saturated heterocycles. The molecule has 0 saturated carbocycles. The second-order valence-corrected chi connectivity index (χ2v) is 6.09. The summed E-state index contributed by atoms with van der Waals surface area (Å²) >= 11 is 1.63. The quantitative estimate of drug-likeness (QED) is 0.545. The number of nitrogens with one attached hydrogen (secondary N) is 1. The van der Waals surface area contributed by atoms with Gasteiger partial charge in [-0.3, -0.25) is 0 Å². The molecule has 4 N–H and O–H groups in total. The molecule has 1 heterocycles. The van der Waals surface area contributed by atoms with Crippen LogP contribution in [0.4, 0.5) is 0 Å². The van der Waals surface area contributed by atoms with Gasteiger partial charge in [-0.1, -0.05) is 24.3 Å². The van der Waals surface area contributed by atoms with Crippen LogP contribution in [0.3, 0.4) is 0 Å². The highest BCUT2D eigenvalue weighted by Gasteiger charge is 2.43. The van der Waals surface area contributed by atoms with Crippen LogP contribution in [0.2, 0.25) is 5.82 Å². The van der Waals surface area contributed by atoms with E-state index in [4.69, 9.17) is 10.4 Å². The van der Waals surface area contributed by atoms with Crippen molar-refractivity contribution in [2.75, 3.05) is 6.54 Å². The Hall–Kier alpha value is -0.945. The maximum absolute atomic E-state index is 9.96. The number of hydrogen-bond donors (Lipinski definition) is 3. The molecular weight excluding hydrogens is 271 g/mol. The third-order valence-electron chi connectivity index (χ3n) is 3.84. The molecule has 0 aromatic heterocycles. The van der Waals surface area contributed by atoms with Crippen LogP contribution >= 0.6 is 11.9 Å². The Bertz CT molecular complexity index is 501. The standard InChI is InChI=1S/C14H19BN2O2S/c16-9-14-12-7-6-10(8-13(12)15(18)19-14)17-20-11-4-2-1-3-5-11/h2,4-7,13-14,17-18H,1,3,8-9,16H2. The lowest BCUT2D eigenvalue weighted by Crippen LogP contribution is -2.23. The van der Waals surface area contributed by atoms with Crippen molar-refractivity contribution in [1.29, 1.82) is 0 Å². The summed E-state index contributed by atoms with van der Waals surface area (Å²) < 4.78 is 8.85. The van der Waals surface area contributed by atoms with E-state index >= 15 is 0 Å². The first-order valence-corrected chi connectivity index (χ1v) is 7.83. The lowest BCUT2D eigenvalue weighted by Gasteiger charge is -2.21. The van der Waals surface area contributed by atoms with Gasteiger partial charge < -0.3 is 20.1 Å². The fraction of sp³-hybridized carbons (Fsp3) is 0.429. The monoisotopic (exact) mass is 290 g/mol. The van der Waals surface area contributed by atoms with E-state index in [-0.39, 0.29) is 11.9 Å². The number of allylic oxidation sites excluding steroid dienone is 6. The molecule has 0 aromatic rings. The Morgan fingerprint density at radius 3 is 3.10 bits per heavy atom. The van der Waals surface area contributed by atoms with Crippen molar-refractivity contribution in [2.45, 2.75) is 31.2 Å². The largest absolute Gasteiger partial charge is 0.462 e. The Morgan fingerprint density at radius 2 is 2.35 bits per heavy atom. The second kappa shape index (κ2) is 6.22. The molecule has 0 bridgehead atoms. The minimum Gasteiger partial charge on any atom is -0.427 e. The van der Waals surface area contributed by atoms with Crippen molar-refractivity contribution in [3.8, 4) is 0 Å². The highest BCUT2D eigenvalue weighted by atomic mass is 32.2. The molecule has 6 heteroatoms. The van der Waals surface area contributed by atoms with Crippen molar-refractivity contribution >= 4 is 19.1 Å². The Labute approximate surface area is 124 Å². The summed E-state index contributed by atoms with van der Waals surface area (Å²) in [7, 11) is -0.737. The van der Waals surface area contributed by atoms with Gasteiger partial charge in [0.15, 0.2) is 0 Å². The molecule has 1 fully saturated rings. The van der Waals surface area contributed by atoms with Crippen molar-refractivity contribution in [1.82, 2.24) is 4.72 Å². The molecule has 1 aliphatic heterocycles. The SMILES string of the molecule is NCC1OB(O)C2CC(NSC3=CCCC=C3)=CC=C12. The summed E-state index contributed by atoms with van der Waals surface area (Å²) in [5, 5.41) is 9.96. The molecule has 4 nitrogen and oxygen atoms in total. The Balaban J connectivity index is 1.62. The maximum atomic E-state index is 9.96. The van der Waals surface area contributed by atoms with Crippen molar-refractivity contribution in [3.05, 3.63) is 46.6 Å². The highest BCUT2D eigenvalue weighted by molar-refractivity contribution is 8.01. The molecule has 20 heavy (non-hydrogen) atoms.